The second-order valence-corrected chi connectivity index (χ2v) is 7.96. The molecule has 0 spiro atoms. The third-order valence-electron chi connectivity index (χ3n) is 4.92. The molecular formula is C21H23N3O2S. The van der Waals surface area contributed by atoms with Crippen molar-refractivity contribution in [1.29, 1.82) is 0 Å². The van der Waals surface area contributed by atoms with Gasteiger partial charge in [-0.25, -0.2) is 4.98 Å². The molecule has 1 aliphatic heterocycles. The molecule has 0 saturated carbocycles. The maximum Gasteiger partial charge on any atom is 0.240 e. The standard InChI is InChI=1S/C21H23N3O2S/c1-15(20(25)23-12-11-16-7-3-5-9-18(16)23)27-21-22-17-8-4-6-10-19(17)24(21)13-14-26-2/h3-10,15H,11-14H2,1-2H3. The van der Waals surface area contributed by atoms with E-state index in [0.29, 0.717) is 13.2 Å². The molecular weight excluding hydrogens is 358 g/mol. The number of ether oxygens (including phenoxy) is 1. The monoisotopic (exact) mass is 381 g/mol. The van der Waals surface area contributed by atoms with E-state index in [1.54, 1.807) is 7.11 Å². The first-order valence-corrected chi connectivity index (χ1v) is 10.1. The molecule has 0 saturated heterocycles. The molecule has 2 aromatic carbocycles. The van der Waals surface area contributed by atoms with Gasteiger partial charge < -0.3 is 14.2 Å². The Morgan fingerprint density at radius 3 is 2.85 bits per heavy atom. The first-order valence-electron chi connectivity index (χ1n) is 9.19. The number of hydrogen-bond acceptors (Lipinski definition) is 4. The number of hydrogen-bond donors (Lipinski definition) is 0. The Morgan fingerprint density at radius 1 is 1.22 bits per heavy atom. The number of methoxy groups -OCH3 is 1. The zero-order chi connectivity index (χ0) is 18.8. The summed E-state index contributed by atoms with van der Waals surface area (Å²) in [4.78, 5) is 19.8. The lowest BCUT2D eigenvalue weighted by Gasteiger charge is -2.21. The van der Waals surface area contributed by atoms with Gasteiger partial charge in [0, 0.05) is 25.9 Å². The second kappa shape index (κ2) is 7.74. The van der Waals surface area contributed by atoms with Crippen LogP contribution in [0, 0.1) is 0 Å². The number of carbonyl (C=O) groups is 1. The minimum atomic E-state index is -0.214. The minimum absolute atomic E-state index is 0.135. The van der Waals surface area contributed by atoms with Crippen molar-refractivity contribution in [1.82, 2.24) is 9.55 Å². The molecule has 1 aromatic heterocycles. The number of fused-ring (bicyclic) bond motifs is 2. The molecule has 3 aromatic rings. The van der Waals surface area contributed by atoms with Gasteiger partial charge in [0.15, 0.2) is 5.16 Å². The number of imidazole rings is 1. The summed E-state index contributed by atoms with van der Waals surface area (Å²) in [7, 11) is 1.70. The zero-order valence-electron chi connectivity index (χ0n) is 15.6. The molecule has 140 valence electrons. The molecule has 0 aliphatic carbocycles. The first kappa shape index (κ1) is 18.1. The molecule has 1 amide bonds. The topological polar surface area (TPSA) is 47.4 Å². The highest BCUT2D eigenvalue weighted by Crippen LogP contribution is 2.32. The van der Waals surface area contributed by atoms with Gasteiger partial charge in [-0.2, -0.15) is 0 Å². The van der Waals surface area contributed by atoms with E-state index in [-0.39, 0.29) is 11.2 Å². The van der Waals surface area contributed by atoms with Crippen LogP contribution < -0.4 is 4.90 Å². The van der Waals surface area contributed by atoms with Crippen molar-refractivity contribution in [3.05, 3.63) is 54.1 Å². The Balaban J connectivity index is 1.57. The van der Waals surface area contributed by atoms with Crippen molar-refractivity contribution in [3.63, 3.8) is 0 Å². The molecule has 1 atom stereocenters. The van der Waals surface area contributed by atoms with Crippen molar-refractivity contribution in [2.24, 2.45) is 0 Å². The smallest absolute Gasteiger partial charge is 0.240 e. The summed E-state index contributed by atoms with van der Waals surface area (Å²) in [5.41, 5.74) is 4.31. The maximum absolute atomic E-state index is 13.1. The Bertz CT molecular complexity index is 969. The van der Waals surface area contributed by atoms with Crippen LogP contribution in [0.1, 0.15) is 12.5 Å². The summed E-state index contributed by atoms with van der Waals surface area (Å²) in [5, 5.41) is 0.649. The van der Waals surface area contributed by atoms with Crippen molar-refractivity contribution >= 4 is 34.4 Å². The summed E-state index contributed by atoms with van der Waals surface area (Å²) >= 11 is 1.52. The number of thioether (sulfide) groups is 1. The Labute approximate surface area is 163 Å². The lowest BCUT2D eigenvalue weighted by atomic mass is 10.2. The van der Waals surface area contributed by atoms with Gasteiger partial charge in [0.2, 0.25) is 5.91 Å². The molecule has 0 radical (unpaired) electrons. The van der Waals surface area contributed by atoms with Gasteiger partial charge in [-0.3, -0.25) is 4.79 Å². The molecule has 0 fully saturated rings. The first-order chi connectivity index (χ1) is 13.2. The highest BCUT2D eigenvalue weighted by Gasteiger charge is 2.29. The molecule has 27 heavy (non-hydrogen) atoms. The highest BCUT2D eigenvalue weighted by atomic mass is 32.2. The Kier molecular flexibility index (Phi) is 5.18. The van der Waals surface area contributed by atoms with E-state index in [0.717, 1.165) is 34.8 Å². The molecule has 4 rings (SSSR count). The molecule has 1 aliphatic rings. The fraction of sp³-hybridized carbons (Fsp3) is 0.333. The normalized spacial score (nSPS) is 14.5. The van der Waals surface area contributed by atoms with Gasteiger partial charge in [0.1, 0.15) is 0 Å². The SMILES string of the molecule is COCCn1c(SC(C)C(=O)N2CCc3ccccc32)nc2ccccc21. The number of nitrogens with zero attached hydrogens (tertiary/aromatic N) is 3. The van der Waals surface area contributed by atoms with Crippen LogP contribution >= 0.6 is 11.8 Å². The number of para-hydroxylation sites is 3. The molecule has 2 heterocycles. The predicted molar refractivity (Wildman–Crippen MR) is 109 cm³/mol. The Morgan fingerprint density at radius 2 is 2.00 bits per heavy atom. The fourth-order valence-corrected chi connectivity index (χ4v) is 4.55. The van der Waals surface area contributed by atoms with Gasteiger partial charge in [-0.15, -0.1) is 0 Å². The van der Waals surface area contributed by atoms with Crippen LogP contribution in [-0.4, -0.2) is 41.0 Å². The van der Waals surface area contributed by atoms with E-state index in [1.807, 2.05) is 48.2 Å². The Hall–Kier alpha value is -2.31. The number of rotatable bonds is 6. The van der Waals surface area contributed by atoms with E-state index in [9.17, 15) is 4.79 Å². The van der Waals surface area contributed by atoms with Gasteiger partial charge in [-0.1, -0.05) is 42.1 Å². The van der Waals surface area contributed by atoms with Crippen molar-refractivity contribution in [3.8, 4) is 0 Å². The predicted octanol–water partition coefficient (Wildman–Crippen LogP) is 3.75. The molecule has 0 N–H and O–H groups in total. The average Bonchev–Trinajstić information content (AvgIpc) is 3.27. The van der Waals surface area contributed by atoms with E-state index in [2.05, 4.69) is 16.7 Å². The lowest BCUT2D eigenvalue weighted by molar-refractivity contribution is -0.117. The van der Waals surface area contributed by atoms with E-state index in [4.69, 9.17) is 9.72 Å². The van der Waals surface area contributed by atoms with Crippen molar-refractivity contribution < 1.29 is 9.53 Å². The average molecular weight is 382 g/mol. The number of amides is 1. The van der Waals surface area contributed by atoms with Gasteiger partial charge in [-0.05, 0) is 37.1 Å². The van der Waals surface area contributed by atoms with Gasteiger partial charge in [0.05, 0.1) is 22.9 Å². The maximum atomic E-state index is 13.1. The minimum Gasteiger partial charge on any atom is -0.383 e. The van der Waals surface area contributed by atoms with Crippen LogP contribution in [0.5, 0.6) is 0 Å². The summed E-state index contributed by atoms with van der Waals surface area (Å²) in [6.07, 6.45) is 0.922. The summed E-state index contributed by atoms with van der Waals surface area (Å²) < 4.78 is 7.40. The summed E-state index contributed by atoms with van der Waals surface area (Å²) in [6, 6.07) is 16.2. The van der Waals surface area contributed by atoms with E-state index in [1.165, 1.54) is 17.3 Å². The van der Waals surface area contributed by atoms with Crippen LogP contribution in [0.3, 0.4) is 0 Å². The quantitative estimate of drug-likeness (QED) is 0.610. The van der Waals surface area contributed by atoms with Crippen LogP contribution in [0.4, 0.5) is 5.69 Å². The highest BCUT2D eigenvalue weighted by molar-refractivity contribution is 8.00. The second-order valence-electron chi connectivity index (χ2n) is 6.66. The summed E-state index contributed by atoms with van der Waals surface area (Å²) in [5.74, 6) is 0.135. The van der Waals surface area contributed by atoms with Crippen molar-refractivity contribution in [2.45, 2.75) is 30.3 Å². The number of benzene rings is 2. The van der Waals surface area contributed by atoms with Crippen LogP contribution in [0.25, 0.3) is 11.0 Å². The van der Waals surface area contributed by atoms with E-state index >= 15 is 0 Å². The third kappa shape index (κ3) is 3.47. The van der Waals surface area contributed by atoms with Gasteiger partial charge >= 0.3 is 0 Å². The van der Waals surface area contributed by atoms with Crippen LogP contribution in [0.15, 0.2) is 53.7 Å². The lowest BCUT2D eigenvalue weighted by Crippen LogP contribution is -2.35. The van der Waals surface area contributed by atoms with E-state index < -0.39 is 0 Å². The summed E-state index contributed by atoms with van der Waals surface area (Å²) in [6.45, 7) is 4.04. The number of carbonyl (C=O) groups excluding carboxylic acids is 1. The molecule has 6 heteroatoms. The molecule has 5 nitrogen and oxygen atoms in total. The molecule has 0 bridgehead atoms. The van der Waals surface area contributed by atoms with Crippen molar-refractivity contribution in [2.75, 3.05) is 25.2 Å². The fourth-order valence-electron chi connectivity index (χ4n) is 3.54. The number of aromatic nitrogens is 2. The van der Waals surface area contributed by atoms with Gasteiger partial charge in [0.25, 0.3) is 0 Å². The third-order valence-corrected chi connectivity index (χ3v) is 6.00. The zero-order valence-corrected chi connectivity index (χ0v) is 16.4. The largest absolute Gasteiger partial charge is 0.383 e. The molecule has 1 unspecified atom stereocenters. The van der Waals surface area contributed by atoms with Crippen LogP contribution in [0.2, 0.25) is 0 Å². The van der Waals surface area contributed by atoms with Crippen LogP contribution in [-0.2, 0) is 22.5 Å². The number of anilines is 1.